The van der Waals surface area contributed by atoms with E-state index in [0.29, 0.717) is 30.1 Å². The summed E-state index contributed by atoms with van der Waals surface area (Å²) in [6, 6.07) is 21.8. The SMILES string of the molecule is CC[C@@H](C(=O)NCC(C)C)N(CCc1ccccc1)C(=O)CN(c1cccc(C)c1)S(=O)(=O)c1ccc(Cl)cc1. The van der Waals surface area contributed by atoms with Gasteiger partial charge in [-0.15, -0.1) is 0 Å². The van der Waals surface area contributed by atoms with Gasteiger partial charge in [-0.05, 0) is 73.2 Å². The first kappa shape index (κ1) is 31.2. The maximum atomic E-state index is 14.0. The van der Waals surface area contributed by atoms with E-state index in [0.717, 1.165) is 15.4 Å². The first-order valence-corrected chi connectivity index (χ1v) is 15.3. The molecule has 0 aliphatic carbocycles. The summed E-state index contributed by atoms with van der Waals surface area (Å²) in [4.78, 5) is 28.8. The van der Waals surface area contributed by atoms with Crippen LogP contribution in [-0.4, -0.2) is 50.8 Å². The normalized spacial score (nSPS) is 12.2. The van der Waals surface area contributed by atoms with Crippen LogP contribution in [0.5, 0.6) is 0 Å². The van der Waals surface area contributed by atoms with Gasteiger partial charge in [0.05, 0.1) is 10.6 Å². The molecule has 3 aromatic rings. The molecule has 40 heavy (non-hydrogen) atoms. The number of aryl methyl sites for hydroxylation is 1. The van der Waals surface area contributed by atoms with Gasteiger partial charge in [-0.3, -0.25) is 13.9 Å². The Morgan fingerprint density at radius 2 is 1.62 bits per heavy atom. The molecular formula is C31H38ClN3O4S. The van der Waals surface area contributed by atoms with E-state index in [1.807, 2.05) is 64.1 Å². The van der Waals surface area contributed by atoms with E-state index in [9.17, 15) is 18.0 Å². The van der Waals surface area contributed by atoms with E-state index in [1.54, 1.807) is 18.2 Å². The van der Waals surface area contributed by atoms with Gasteiger partial charge in [-0.1, -0.05) is 74.8 Å². The molecule has 3 aromatic carbocycles. The molecule has 1 atom stereocenters. The number of carbonyl (C=O) groups excluding carboxylic acids is 2. The third-order valence-electron chi connectivity index (χ3n) is 6.52. The maximum Gasteiger partial charge on any atom is 0.264 e. The second kappa shape index (κ2) is 14.3. The highest BCUT2D eigenvalue weighted by Gasteiger charge is 2.33. The van der Waals surface area contributed by atoms with Crippen LogP contribution in [0.4, 0.5) is 5.69 Å². The summed E-state index contributed by atoms with van der Waals surface area (Å²) in [5.41, 5.74) is 2.23. The minimum absolute atomic E-state index is 0.0174. The average molecular weight is 584 g/mol. The first-order valence-electron chi connectivity index (χ1n) is 13.5. The number of nitrogens with zero attached hydrogens (tertiary/aromatic N) is 2. The van der Waals surface area contributed by atoms with E-state index in [4.69, 9.17) is 11.6 Å². The number of hydrogen-bond donors (Lipinski definition) is 1. The molecule has 9 heteroatoms. The third kappa shape index (κ3) is 8.32. The number of benzene rings is 3. The fraction of sp³-hybridized carbons (Fsp3) is 0.355. The molecule has 0 fully saturated rings. The highest BCUT2D eigenvalue weighted by molar-refractivity contribution is 7.92. The van der Waals surface area contributed by atoms with Crippen molar-refractivity contribution in [1.82, 2.24) is 10.2 Å². The number of rotatable bonds is 13. The molecule has 0 bridgehead atoms. The topological polar surface area (TPSA) is 86.8 Å². The highest BCUT2D eigenvalue weighted by atomic mass is 35.5. The number of hydrogen-bond acceptors (Lipinski definition) is 4. The van der Waals surface area contributed by atoms with E-state index in [1.165, 1.54) is 29.2 Å². The lowest BCUT2D eigenvalue weighted by molar-refractivity contribution is -0.139. The summed E-state index contributed by atoms with van der Waals surface area (Å²) >= 11 is 6.01. The van der Waals surface area contributed by atoms with Gasteiger partial charge in [-0.2, -0.15) is 0 Å². The molecule has 0 heterocycles. The van der Waals surface area contributed by atoms with Crippen molar-refractivity contribution in [3.05, 3.63) is 95.0 Å². The Labute approximate surface area is 243 Å². The van der Waals surface area contributed by atoms with E-state index >= 15 is 0 Å². The van der Waals surface area contributed by atoms with Crippen molar-refractivity contribution in [2.45, 2.75) is 51.5 Å². The van der Waals surface area contributed by atoms with Crippen LogP contribution in [0.1, 0.15) is 38.3 Å². The van der Waals surface area contributed by atoms with E-state index in [2.05, 4.69) is 5.32 Å². The lowest BCUT2D eigenvalue weighted by Crippen LogP contribution is -2.53. The molecule has 0 aliphatic rings. The van der Waals surface area contributed by atoms with Crippen LogP contribution in [0.2, 0.25) is 5.02 Å². The zero-order chi connectivity index (χ0) is 29.3. The number of anilines is 1. The molecule has 214 valence electrons. The van der Waals surface area contributed by atoms with Crippen LogP contribution in [-0.2, 0) is 26.0 Å². The van der Waals surface area contributed by atoms with Crippen molar-refractivity contribution in [2.75, 3.05) is 23.9 Å². The Morgan fingerprint density at radius 1 is 0.950 bits per heavy atom. The smallest absolute Gasteiger partial charge is 0.264 e. The summed E-state index contributed by atoms with van der Waals surface area (Å²) < 4.78 is 28.9. The summed E-state index contributed by atoms with van der Waals surface area (Å²) in [6.45, 7) is 8.00. The molecule has 0 saturated heterocycles. The van der Waals surface area contributed by atoms with Gasteiger partial charge in [-0.25, -0.2) is 8.42 Å². The molecule has 7 nitrogen and oxygen atoms in total. The summed E-state index contributed by atoms with van der Waals surface area (Å²) in [6.07, 6.45) is 0.910. The number of carbonyl (C=O) groups is 2. The summed E-state index contributed by atoms with van der Waals surface area (Å²) in [5, 5.41) is 3.35. The number of nitrogens with one attached hydrogen (secondary N) is 1. The molecule has 0 saturated carbocycles. The quantitative estimate of drug-likeness (QED) is 0.289. The van der Waals surface area contributed by atoms with Crippen LogP contribution < -0.4 is 9.62 Å². The van der Waals surface area contributed by atoms with Gasteiger partial charge < -0.3 is 10.2 Å². The predicted octanol–water partition coefficient (Wildman–Crippen LogP) is 5.47. The van der Waals surface area contributed by atoms with Crippen molar-refractivity contribution < 1.29 is 18.0 Å². The van der Waals surface area contributed by atoms with Crippen molar-refractivity contribution in [1.29, 1.82) is 0 Å². The zero-order valence-corrected chi connectivity index (χ0v) is 25.1. The van der Waals surface area contributed by atoms with Crippen molar-refractivity contribution in [2.24, 2.45) is 5.92 Å². The zero-order valence-electron chi connectivity index (χ0n) is 23.5. The summed E-state index contributed by atoms with van der Waals surface area (Å²) in [5.74, 6) is -0.460. The molecule has 1 N–H and O–H groups in total. The largest absolute Gasteiger partial charge is 0.354 e. The Balaban J connectivity index is 1.99. The summed E-state index contributed by atoms with van der Waals surface area (Å²) in [7, 11) is -4.13. The first-order chi connectivity index (χ1) is 19.0. The third-order valence-corrected chi connectivity index (χ3v) is 8.56. The van der Waals surface area contributed by atoms with Gasteiger partial charge in [0.15, 0.2) is 0 Å². The van der Waals surface area contributed by atoms with Gasteiger partial charge in [0.1, 0.15) is 12.6 Å². The molecular weight excluding hydrogens is 546 g/mol. The number of amides is 2. The monoisotopic (exact) mass is 583 g/mol. The van der Waals surface area contributed by atoms with E-state index in [-0.39, 0.29) is 23.3 Å². The highest BCUT2D eigenvalue weighted by Crippen LogP contribution is 2.26. The average Bonchev–Trinajstić information content (AvgIpc) is 2.93. The van der Waals surface area contributed by atoms with Gasteiger partial charge in [0.2, 0.25) is 11.8 Å². The standard InChI is InChI=1S/C31H38ClN3O4S/c1-5-29(31(37)33-21-23(2)3)34(19-18-25-11-7-6-8-12-25)30(36)22-35(27-13-9-10-24(4)20-27)40(38,39)28-16-14-26(32)15-17-28/h6-17,20,23,29H,5,18-19,21-22H2,1-4H3,(H,33,37)/t29-/m0/s1. The Hall–Kier alpha value is -3.36. The molecule has 0 spiro atoms. The fourth-order valence-corrected chi connectivity index (χ4v) is 5.90. The van der Waals surface area contributed by atoms with Crippen LogP contribution >= 0.6 is 11.6 Å². The van der Waals surface area contributed by atoms with Crippen molar-refractivity contribution >= 4 is 39.1 Å². The molecule has 0 radical (unpaired) electrons. The minimum Gasteiger partial charge on any atom is -0.354 e. The van der Waals surface area contributed by atoms with Crippen molar-refractivity contribution in [3.63, 3.8) is 0 Å². The Bertz CT molecular complexity index is 1380. The number of sulfonamides is 1. The van der Waals surface area contributed by atoms with Gasteiger partial charge in [0.25, 0.3) is 10.0 Å². The fourth-order valence-electron chi connectivity index (χ4n) is 4.36. The number of halogens is 1. The van der Waals surface area contributed by atoms with Crippen LogP contribution in [0, 0.1) is 12.8 Å². The van der Waals surface area contributed by atoms with Crippen LogP contribution in [0.25, 0.3) is 0 Å². The van der Waals surface area contributed by atoms with E-state index < -0.39 is 28.5 Å². The molecule has 2 amide bonds. The second-order valence-electron chi connectivity index (χ2n) is 10.2. The lowest BCUT2D eigenvalue weighted by atomic mass is 10.1. The van der Waals surface area contributed by atoms with Gasteiger partial charge in [0, 0.05) is 18.1 Å². The van der Waals surface area contributed by atoms with Crippen LogP contribution in [0.3, 0.4) is 0 Å². The maximum absolute atomic E-state index is 14.0. The Morgan fingerprint density at radius 3 is 2.23 bits per heavy atom. The molecule has 0 unspecified atom stereocenters. The molecule has 0 aromatic heterocycles. The van der Waals surface area contributed by atoms with Crippen molar-refractivity contribution in [3.8, 4) is 0 Å². The van der Waals surface area contributed by atoms with Crippen LogP contribution in [0.15, 0.2) is 83.8 Å². The molecule has 0 aliphatic heterocycles. The molecule has 3 rings (SSSR count). The van der Waals surface area contributed by atoms with Gasteiger partial charge >= 0.3 is 0 Å². The minimum atomic E-state index is -4.13. The Kier molecular flexibility index (Phi) is 11.2. The lowest BCUT2D eigenvalue weighted by Gasteiger charge is -2.33. The predicted molar refractivity (Wildman–Crippen MR) is 161 cm³/mol. The second-order valence-corrected chi connectivity index (χ2v) is 12.5.